The smallest absolute Gasteiger partial charge is 0.222 e. The number of amides is 1. The summed E-state index contributed by atoms with van der Waals surface area (Å²) in [5, 5.41) is 6.14. The van der Waals surface area contributed by atoms with Crippen molar-refractivity contribution in [2.45, 2.75) is 99.6 Å². The first kappa shape index (κ1) is 39.6. The summed E-state index contributed by atoms with van der Waals surface area (Å²) in [6.45, 7) is 20.0. The van der Waals surface area contributed by atoms with E-state index < -0.39 is 6.17 Å². The number of benzene rings is 1. The van der Waals surface area contributed by atoms with Crippen LogP contribution in [0, 0.1) is 25.7 Å². The molecular weight excluding hydrogens is 502 g/mol. The molecule has 0 radical (unpaired) electrons. The Balaban J connectivity index is 0. The van der Waals surface area contributed by atoms with E-state index in [1.54, 1.807) is 0 Å². The highest BCUT2D eigenvalue weighted by atomic mass is 19.1. The summed E-state index contributed by atoms with van der Waals surface area (Å²) >= 11 is 0. The molecule has 1 aromatic rings. The molecule has 0 bridgehead atoms. The van der Waals surface area contributed by atoms with Gasteiger partial charge >= 0.3 is 0 Å². The summed E-state index contributed by atoms with van der Waals surface area (Å²) in [6, 6.07) is 6.68. The molecule has 0 aliphatic rings. The Morgan fingerprint density at radius 2 is 1.77 bits per heavy atom. The lowest BCUT2D eigenvalue weighted by Crippen LogP contribution is -2.29. The largest absolute Gasteiger partial charge is 0.356 e. The van der Waals surface area contributed by atoms with Crippen LogP contribution >= 0.6 is 0 Å². The van der Waals surface area contributed by atoms with Crippen LogP contribution in [-0.2, 0) is 4.79 Å². The minimum atomic E-state index is -1.21. The third kappa shape index (κ3) is 21.3. The molecule has 0 aliphatic heterocycles. The van der Waals surface area contributed by atoms with Crippen LogP contribution in [0.5, 0.6) is 0 Å². The van der Waals surface area contributed by atoms with Gasteiger partial charge in [-0.2, -0.15) is 0 Å². The van der Waals surface area contributed by atoms with Gasteiger partial charge in [0.05, 0.1) is 6.33 Å². The third-order valence-corrected chi connectivity index (χ3v) is 6.36. The van der Waals surface area contributed by atoms with Gasteiger partial charge in [-0.1, -0.05) is 90.0 Å². The first-order valence-corrected chi connectivity index (χ1v) is 15.0. The first-order chi connectivity index (χ1) is 19.1. The lowest BCUT2D eigenvalue weighted by molar-refractivity contribution is -0.124. The second-order valence-electron chi connectivity index (χ2n) is 10.3. The molecule has 2 unspecified atom stereocenters. The molecule has 2 atom stereocenters. The number of carbonyl (C=O) groups is 1. The maximum Gasteiger partial charge on any atom is 0.222 e. The lowest BCUT2D eigenvalue weighted by atomic mass is 9.93. The van der Waals surface area contributed by atoms with Gasteiger partial charge in [-0.3, -0.25) is 4.79 Å². The van der Waals surface area contributed by atoms with E-state index in [9.17, 15) is 13.6 Å². The number of nitrogens with one attached hydrogen (secondary N) is 2. The molecule has 3 nitrogen and oxygen atoms in total. The Labute approximate surface area is 245 Å². The SMILES string of the molecule is C=CCC(F)/C=C/F.CC/C=C\C(=CC(CC)CCNC(=O)C(C)C)c1ccc(C)c(C)c1.CCCCCNC. The molecule has 1 rings (SSSR count). The van der Waals surface area contributed by atoms with E-state index in [4.69, 9.17) is 0 Å². The highest BCUT2D eigenvalue weighted by Gasteiger charge is 2.09. The van der Waals surface area contributed by atoms with E-state index in [-0.39, 0.29) is 24.6 Å². The minimum Gasteiger partial charge on any atom is -0.356 e. The Bertz CT molecular complexity index is 870. The summed E-state index contributed by atoms with van der Waals surface area (Å²) in [6.07, 6.45) is 15.3. The number of unbranched alkanes of at least 4 members (excludes halogenated alkanes) is 2. The Kier molecular flexibility index (Phi) is 26.4. The zero-order valence-electron chi connectivity index (χ0n) is 26.7. The molecule has 0 saturated heterocycles. The van der Waals surface area contributed by atoms with Crippen LogP contribution in [0.2, 0.25) is 0 Å². The molecule has 228 valence electrons. The van der Waals surface area contributed by atoms with Crippen LogP contribution in [-0.4, -0.2) is 32.2 Å². The van der Waals surface area contributed by atoms with Crippen molar-refractivity contribution in [3.05, 3.63) is 78.2 Å². The summed E-state index contributed by atoms with van der Waals surface area (Å²) in [7, 11) is 2.00. The number of hydrogen-bond acceptors (Lipinski definition) is 2. The fourth-order valence-electron chi connectivity index (χ4n) is 3.53. The van der Waals surface area contributed by atoms with Crippen molar-refractivity contribution in [2.75, 3.05) is 20.1 Å². The predicted octanol–water partition coefficient (Wildman–Crippen LogP) is 9.62. The van der Waals surface area contributed by atoms with Crippen LogP contribution in [0.3, 0.4) is 0 Å². The molecule has 5 heteroatoms. The highest BCUT2D eigenvalue weighted by Crippen LogP contribution is 2.24. The van der Waals surface area contributed by atoms with Crippen molar-refractivity contribution in [1.82, 2.24) is 10.6 Å². The van der Waals surface area contributed by atoms with Crippen LogP contribution in [0.1, 0.15) is 96.3 Å². The molecule has 40 heavy (non-hydrogen) atoms. The van der Waals surface area contributed by atoms with Gasteiger partial charge in [0.25, 0.3) is 0 Å². The lowest BCUT2D eigenvalue weighted by Gasteiger charge is -2.15. The van der Waals surface area contributed by atoms with Gasteiger partial charge < -0.3 is 10.6 Å². The van der Waals surface area contributed by atoms with E-state index >= 15 is 0 Å². The van der Waals surface area contributed by atoms with Crippen molar-refractivity contribution in [2.24, 2.45) is 11.8 Å². The van der Waals surface area contributed by atoms with Gasteiger partial charge in [-0.05, 0) is 93.8 Å². The average Bonchev–Trinajstić information content (AvgIpc) is 2.92. The molecule has 0 aliphatic carbocycles. The van der Waals surface area contributed by atoms with Gasteiger partial charge in [0, 0.05) is 12.5 Å². The van der Waals surface area contributed by atoms with E-state index in [0.29, 0.717) is 5.92 Å². The molecule has 0 heterocycles. The summed E-state index contributed by atoms with van der Waals surface area (Å²) in [5.74, 6) is 0.652. The maximum absolute atomic E-state index is 12.0. The zero-order chi connectivity index (χ0) is 30.8. The number of hydrogen-bond donors (Lipinski definition) is 2. The number of alkyl halides is 1. The number of aryl methyl sites for hydroxylation is 2. The molecular formula is C35H58F2N2O. The van der Waals surface area contributed by atoms with Crippen LogP contribution in [0.15, 0.2) is 61.5 Å². The van der Waals surface area contributed by atoms with Crippen LogP contribution < -0.4 is 10.6 Å². The Hall–Kier alpha value is -2.53. The van der Waals surface area contributed by atoms with Crippen molar-refractivity contribution in [1.29, 1.82) is 0 Å². The molecule has 1 amide bonds. The van der Waals surface area contributed by atoms with E-state index in [1.165, 1.54) is 54.1 Å². The highest BCUT2D eigenvalue weighted by molar-refractivity contribution is 5.77. The van der Waals surface area contributed by atoms with E-state index in [1.807, 2.05) is 20.9 Å². The van der Waals surface area contributed by atoms with Crippen molar-refractivity contribution in [3.63, 3.8) is 0 Å². The minimum absolute atomic E-state index is 0.0502. The molecule has 0 aromatic heterocycles. The van der Waals surface area contributed by atoms with Crippen molar-refractivity contribution < 1.29 is 13.6 Å². The number of allylic oxidation sites excluding steroid dienone is 6. The van der Waals surface area contributed by atoms with Gasteiger partial charge in [-0.15, -0.1) is 6.58 Å². The second kappa shape index (κ2) is 26.7. The van der Waals surface area contributed by atoms with Crippen LogP contribution in [0.25, 0.3) is 5.57 Å². The van der Waals surface area contributed by atoms with E-state index in [2.05, 4.69) is 88.3 Å². The van der Waals surface area contributed by atoms with Crippen molar-refractivity contribution in [3.8, 4) is 0 Å². The summed E-state index contributed by atoms with van der Waals surface area (Å²) in [5.41, 5.74) is 5.21. The van der Waals surface area contributed by atoms with Gasteiger partial charge in [0.1, 0.15) is 6.17 Å². The molecule has 0 spiro atoms. The standard InChI is InChI=1S/C23H35NO.C6H8F2.C6H15N/c1-7-9-10-21(22-12-11-18(5)19(6)15-22)16-20(8-2)13-14-24-23(25)17(3)4;1-2-3-6(8)4-5-7;1-3-4-5-6-7-2/h9-12,15-17,20H,7-8,13-14H2,1-6H3,(H,24,25);2,4-6H,1,3H2;7H,3-6H2,1-2H3/b10-9-,21-16?;5-4+;. The topological polar surface area (TPSA) is 41.1 Å². The Morgan fingerprint density at radius 3 is 2.27 bits per heavy atom. The normalized spacial score (nSPS) is 12.9. The monoisotopic (exact) mass is 560 g/mol. The Morgan fingerprint density at radius 1 is 1.07 bits per heavy atom. The molecule has 0 saturated carbocycles. The van der Waals surface area contributed by atoms with Gasteiger partial charge in [0.15, 0.2) is 0 Å². The zero-order valence-corrected chi connectivity index (χ0v) is 26.7. The van der Waals surface area contributed by atoms with Crippen molar-refractivity contribution >= 4 is 11.5 Å². The predicted molar refractivity (Wildman–Crippen MR) is 173 cm³/mol. The number of halogens is 2. The molecule has 2 N–H and O–H groups in total. The molecule has 1 aromatic carbocycles. The summed E-state index contributed by atoms with van der Waals surface area (Å²) < 4.78 is 23.1. The maximum atomic E-state index is 12.0. The third-order valence-electron chi connectivity index (χ3n) is 6.36. The van der Waals surface area contributed by atoms with Gasteiger partial charge in [-0.25, -0.2) is 8.78 Å². The number of carbonyl (C=O) groups excluding carboxylic acids is 1. The van der Waals surface area contributed by atoms with Crippen LogP contribution in [0.4, 0.5) is 8.78 Å². The van der Waals surface area contributed by atoms with Gasteiger partial charge in [0.2, 0.25) is 5.91 Å². The average molecular weight is 561 g/mol. The second-order valence-corrected chi connectivity index (χ2v) is 10.3. The summed E-state index contributed by atoms with van der Waals surface area (Å²) in [4.78, 5) is 11.7. The quantitative estimate of drug-likeness (QED) is 0.120. The molecule has 0 fully saturated rings. The fourth-order valence-corrected chi connectivity index (χ4v) is 3.53. The number of rotatable bonds is 16. The fraction of sp³-hybridized carbons (Fsp3) is 0.571. The first-order valence-electron chi connectivity index (χ1n) is 15.0. The van der Waals surface area contributed by atoms with E-state index in [0.717, 1.165) is 31.9 Å².